The molecule has 1 saturated heterocycles. The number of rotatable bonds is 8. The molecule has 0 saturated carbocycles. The highest BCUT2D eigenvalue weighted by Gasteiger charge is 2.28. The van der Waals surface area contributed by atoms with Crippen LogP contribution in [0.25, 0.3) is 0 Å². The third-order valence-electron chi connectivity index (χ3n) is 7.69. The van der Waals surface area contributed by atoms with Gasteiger partial charge in [-0.1, -0.05) is 19.9 Å². The number of benzene rings is 2. The van der Waals surface area contributed by atoms with E-state index in [0.29, 0.717) is 17.6 Å². The third kappa shape index (κ3) is 6.86. The van der Waals surface area contributed by atoms with Crippen molar-refractivity contribution in [3.63, 3.8) is 0 Å². The van der Waals surface area contributed by atoms with E-state index < -0.39 is 17.5 Å². The van der Waals surface area contributed by atoms with Crippen LogP contribution in [0.1, 0.15) is 61.0 Å². The number of nitrogens with zero attached hydrogens (tertiary/aromatic N) is 2. The summed E-state index contributed by atoms with van der Waals surface area (Å²) in [7, 11) is 0. The lowest BCUT2D eigenvalue weighted by Crippen LogP contribution is -2.47. The van der Waals surface area contributed by atoms with E-state index in [4.69, 9.17) is 0 Å². The number of aryl methyl sites for hydroxylation is 1. The lowest BCUT2D eigenvalue weighted by atomic mass is 9.86. The Morgan fingerprint density at radius 3 is 2.51 bits per heavy atom. The number of nitrogens with one attached hydrogen (secondary N) is 2. The molecule has 0 radical (unpaired) electrons. The molecule has 2 aromatic carbocycles. The summed E-state index contributed by atoms with van der Waals surface area (Å²) in [5.41, 5.74) is 2.92. The Morgan fingerprint density at radius 2 is 1.81 bits per heavy atom. The quantitative estimate of drug-likeness (QED) is 0.509. The van der Waals surface area contributed by atoms with Gasteiger partial charge in [-0.15, -0.1) is 0 Å². The summed E-state index contributed by atoms with van der Waals surface area (Å²) in [6.45, 7) is 8.60. The van der Waals surface area contributed by atoms with Crippen LogP contribution in [0.2, 0.25) is 0 Å². The maximum absolute atomic E-state index is 14.0. The molecular weight excluding hydrogens is 474 g/mol. The minimum atomic E-state index is -0.874. The van der Waals surface area contributed by atoms with E-state index in [2.05, 4.69) is 29.4 Å². The Bertz CT molecular complexity index is 1100. The number of carbonyl (C=O) groups excluding carboxylic acids is 2. The second kappa shape index (κ2) is 12.5. The van der Waals surface area contributed by atoms with E-state index in [0.717, 1.165) is 89.4 Å². The van der Waals surface area contributed by atoms with E-state index in [1.54, 1.807) is 0 Å². The van der Waals surface area contributed by atoms with Crippen molar-refractivity contribution in [2.75, 3.05) is 38.0 Å². The average Bonchev–Trinajstić information content (AvgIpc) is 2.90. The van der Waals surface area contributed by atoms with Gasteiger partial charge in [0, 0.05) is 44.0 Å². The van der Waals surface area contributed by atoms with Crippen molar-refractivity contribution >= 4 is 17.6 Å². The van der Waals surface area contributed by atoms with E-state index in [9.17, 15) is 18.4 Å². The van der Waals surface area contributed by atoms with Gasteiger partial charge in [0.15, 0.2) is 0 Å². The SMILES string of the molecule is CCCNC(=O)N1CCC(CN(CC)C2CCc3ccc(NC(=O)c4ccc(F)cc4F)cc3C2)CC1. The summed E-state index contributed by atoms with van der Waals surface area (Å²) in [6.07, 6.45) is 5.96. The summed E-state index contributed by atoms with van der Waals surface area (Å²) >= 11 is 0. The maximum atomic E-state index is 14.0. The van der Waals surface area contributed by atoms with Crippen LogP contribution in [0.3, 0.4) is 0 Å². The van der Waals surface area contributed by atoms with Gasteiger partial charge in [-0.2, -0.15) is 0 Å². The molecule has 2 N–H and O–H groups in total. The van der Waals surface area contributed by atoms with Crippen molar-refractivity contribution < 1.29 is 18.4 Å². The van der Waals surface area contributed by atoms with Crippen LogP contribution >= 0.6 is 0 Å². The molecule has 4 rings (SSSR count). The van der Waals surface area contributed by atoms with Gasteiger partial charge in [-0.25, -0.2) is 13.6 Å². The molecule has 0 bridgehead atoms. The molecule has 37 heavy (non-hydrogen) atoms. The molecule has 3 amide bonds. The zero-order valence-electron chi connectivity index (χ0n) is 21.9. The first-order chi connectivity index (χ1) is 17.9. The summed E-state index contributed by atoms with van der Waals surface area (Å²) in [4.78, 5) is 29.3. The number of likely N-dealkylation sites (tertiary alicyclic amines) is 1. The number of halogens is 2. The second-order valence-corrected chi connectivity index (χ2v) is 10.2. The Labute approximate surface area is 218 Å². The van der Waals surface area contributed by atoms with Crippen molar-refractivity contribution in [2.24, 2.45) is 5.92 Å². The molecule has 6 nitrogen and oxygen atoms in total. The van der Waals surface area contributed by atoms with Crippen molar-refractivity contribution in [2.45, 2.75) is 58.4 Å². The molecule has 200 valence electrons. The molecule has 1 aliphatic carbocycles. The fourth-order valence-corrected chi connectivity index (χ4v) is 5.53. The monoisotopic (exact) mass is 512 g/mol. The molecule has 1 heterocycles. The van der Waals surface area contributed by atoms with Crippen molar-refractivity contribution in [3.05, 3.63) is 64.7 Å². The second-order valence-electron chi connectivity index (χ2n) is 10.2. The number of urea groups is 1. The first kappa shape index (κ1) is 27.0. The smallest absolute Gasteiger partial charge is 0.317 e. The fraction of sp³-hybridized carbons (Fsp3) is 0.517. The van der Waals surface area contributed by atoms with Crippen LogP contribution in [0, 0.1) is 17.6 Å². The van der Waals surface area contributed by atoms with E-state index in [1.807, 2.05) is 23.1 Å². The average molecular weight is 513 g/mol. The molecular formula is C29H38F2N4O2. The van der Waals surface area contributed by atoms with Gasteiger partial charge in [0.05, 0.1) is 5.56 Å². The molecule has 1 atom stereocenters. The zero-order chi connectivity index (χ0) is 26.4. The largest absolute Gasteiger partial charge is 0.338 e. The topological polar surface area (TPSA) is 64.7 Å². The van der Waals surface area contributed by atoms with Gasteiger partial charge in [-0.3, -0.25) is 4.79 Å². The van der Waals surface area contributed by atoms with Gasteiger partial charge in [0.2, 0.25) is 0 Å². The Kier molecular flexibility index (Phi) is 9.14. The lowest BCUT2D eigenvalue weighted by molar-refractivity contribution is 0.102. The Morgan fingerprint density at radius 1 is 1.03 bits per heavy atom. The number of fused-ring (bicyclic) bond motifs is 1. The van der Waals surface area contributed by atoms with Crippen LogP contribution in [-0.4, -0.2) is 60.5 Å². The summed E-state index contributed by atoms with van der Waals surface area (Å²) in [6, 6.07) is 9.32. The van der Waals surface area contributed by atoms with Gasteiger partial charge in [-0.05, 0) is 86.4 Å². The standard InChI is InChI=1S/C29H38F2N4O2/c1-3-13-32-29(37)35-14-11-20(12-15-35)19-34(4-2)25-9-6-21-5-8-24(16-22(21)17-25)33-28(36)26-10-7-23(30)18-27(26)31/h5,7-8,10,16,18,20,25H,3-4,6,9,11-15,17,19H2,1-2H3,(H,32,37)(H,33,36). The summed E-state index contributed by atoms with van der Waals surface area (Å²) < 4.78 is 27.2. The molecule has 2 aromatic rings. The van der Waals surface area contributed by atoms with Crippen LogP contribution < -0.4 is 10.6 Å². The van der Waals surface area contributed by atoms with Crippen molar-refractivity contribution in [3.8, 4) is 0 Å². The minimum Gasteiger partial charge on any atom is -0.338 e. The van der Waals surface area contributed by atoms with Crippen LogP contribution in [0.15, 0.2) is 36.4 Å². The third-order valence-corrected chi connectivity index (χ3v) is 7.69. The summed E-state index contributed by atoms with van der Waals surface area (Å²) in [5.74, 6) is -1.60. The van der Waals surface area contributed by atoms with E-state index in [-0.39, 0.29) is 11.6 Å². The van der Waals surface area contributed by atoms with E-state index in [1.165, 1.54) is 11.1 Å². The first-order valence-corrected chi connectivity index (χ1v) is 13.5. The highest BCUT2D eigenvalue weighted by Crippen LogP contribution is 2.29. The highest BCUT2D eigenvalue weighted by atomic mass is 19.1. The van der Waals surface area contributed by atoms with Crippen LogP contribution in [0.4, 0.5) is 19.3 Å². The minimum absolute atomic E-state index is 0.0570. The molecule has 1 unspecified atom stereocenters. The molecule has 2 aliphatic rings. The number of likely N-dealkylation sites (N-methyl/N-ethyl adjacent to an activating group) is 1. The van der Waals surface area contributed by atoms with Crippen molar-refractivity contribution in [1.29, 1.82) is 0 Å². The number of hydrogen-bond donors (Lipinski definition) is 2. The number of hydrogen-bond acceptors (Lipinski definition) is 3. The van der Waals surface area contributed by atoms with Gasteiger partial charge in [0.1, 0.15) is 11.6 Å². The van der Waals surface area contributed by atoms with Gasteiger partial charge in [0.25, 0.3) is 5.91 Å². The Balaban J connectivity index is 1.34. The zero-order valence-corrected chi connectivity index (χ0v) is 21.9. The van der Waals surface area contributed by atoms with E-state index >= 15 is 0 Å². The molecule has 0 aromatic heterocycles. The molecule has 8 heteroatoms. The summed E-state index contributed by atoms with van der Waals surface area (Å²) in [5, 5.41) is 5.74. The number of anilines is 1. The predicted molar refractivity (Wildman–Crippen MR) is 142 cm³/mol. The molecule has 1 fully saturated rings. The maximum Gasteiger partial charge on any atom is 0.317 e. The van der Waals surface area contributed by atoms with Crippen molar-refractivity contribution in [1.82, 2.24) is 15.1 Å². The highest BCUT2D eigenvalue weighted by molar-refractivity contribution is 6.04. The molecule has 1 aliphatic heterocycles. The first-order valence-electron chi connectivity index (χ1n) is 13.5. The number of piperidine rings is 1. The lowest BCUT2D eigenvalue weighted by Gasteiger charge is -2.39. The fourth-order valence-electron chi connectivity index (χ4n) is 5.53. The Hall–Kier alpha value is -3.00. The van der Waals surface area contributed by atoms with Gasteiger partial charge >= 0.3 is 6.03 Å². The van der Waals surface area contributed by atoms with Crippen LogP contribution in [0.5, 0.6) is 0 Å². The number of amides is 3. The predicted octanol–water partition coefficient (Wildman–Crippen LogP) is 5.23. The van der Waals surface area contributed by atoms with Gasteiger partial charge < -0.3 is 20.4 Å². The van der Waals surface area contributed by atoms with Crippen LogP contribution in [-0.2, 0) is 12.8 Å². The normalized spacial score (nSPS) is 18.0. The molecule has 0 spiro atoms. The number of carbonyl (C=O) groups is 2.